The third-order valence-electron chi connectivity index (χ3n) is 4.90. The first-order chi connectivity index (χ1) is 14.1. The predicted octanol–water partition coefficient (Wildman–Crippen LogP) is 1.17. The van der Waals surface area contributed by atoms with Crippen molar-refractivity contribution < 1.29 is 37.4 Å². The third kappa shape index (κ3) is 6.05. The van der Waals surface area contributed by atoms with Crippen LogP contribution in [0.2, 0.25) is 0 Å². The lowest BCUT2D eigenvalue weighted by Gasteiger charge is -2.29. The molecule has 3 rings (SSSR count). The highest BCUT2D eigenvalue weighted by molar-refractivity contribution is 5.94. The number of ether oxygens (including phenoxy) is 1. The summed E-state index contributed by atoms with van der Waals surface area (Å²) in [5.74, 6) is -2.37. The highest BCUT2D eigenvalue weighted by Crippen LogP contribution is 2.41. The second-order valence-electron chi connectivity index (χ2n) is 6.96. The maximum atomic E-state index is 12.2. The van der Waals surface area contributed by atoms with E-state index in [1.807, 2.05) is 0 Å². The molecule has 1 aromatic heterocycles. The van der Waals surface area contributed by atoms with Crippen molar-refractivity contribution in [2.24, 2.45) is 5.41 Å². The summed E-state index contributed by atoms with van der Waals surface area (Å²) in [6.45, 7) is 2.03. The van der Waals surface area contributed by atoms with Crippen molar-refractivity contribution in [1.82, 2.24) is 15.6 Å². The van der Waals surface area contributed by atoms with Gasteiger partial charge in [0.05, 0.1) is 17.5 Å². The lowest BCUT2D eigenvalue weighted by atomic mass is 9.76. The maximum absolute atomic E-state index is 12.2. The smallest absolute Gasteiger partial charge is 0.475 e. The highest BCUT2D eigenvalue weighted by atomic mass is 19.4. The lowest BCUT2D eigenvalue weighted by Crippen LogP contribution is -2.39. The van der Waals surface area contributed by atoms with Gasteiger partial charge in [-0.2, -0.15) is 13.2 Å². The average Bonchev–Trinajstić information content (AvgIpc) is 3.01. The molecule has 30 heavy (non-hydrogen) atoms. The summed E-state index contributed by atoms with van der Waals surface area (Å²) in [6, 6.07) is 3.46. The van der Waals surface area contributed by atoms with Crippen LogP contribution in [0.3, 0.4) is 0 Å². The molecule has 0 aromatic carbocycles. The Morgan fingerprint density at radius 1 is 1.33 bits per heavy atom. The summed E-state index contributed by atoms with van der Waals surface area (Å²) in [5.41, 5.74) is 0.140. The quantitative estimate of drug-likeness (QED) is 0.522. The number of hydrogen-bond acceptors (Lipinski definition) is 7. The first kappa shape index (κ1) is 23.4. The topological polar surface area (TPSA) is 130 Å². The maximum Gasteiger partial charge on any atom is 0.490 e. The number of carboxylic acids is 1. The van der Waals surface area contributed by atoms with Crippen LogP contribution in [0, 0.1) is 5.41 Å². The standard InChI is InChI=1S/C16H22N4O3.C2HF3O2/c1-17-13-3-2-11(9-19-13)14(21)20-10-12-8-16(15(22)23-12)4-6-18-7-5-16;3-2(4,5)1(6)7/h2-3,9,12,18H,4-8,10H2,1H3,(H,17,19)(H,20,21);(H,6,7). The van der Waals surface area contributed by atoms with Gasteiger partial charge in [-0.1, -0.05) is 0 Å². The van der Waals surface area contributed by atoms with Gasteiger partial charge in [-0.25, -0.2) is 9.78 Å². The van der Waals surface area contributed by atoms with E-state index in [2.05, 4.69) is 20.9 Å². The number of carboxylic acid groups (broad SMARTS) is 1. The van der Waals surface area contributed by atoms with E-state index in [-0.39, 0.29) is 23.4 Å². The second kappa shape index (κ2) is 9.74. The fourth-order valence-corrected chi connectivity index (χ4v) is 3.25. The van der Waals surface area contributed by atoms with Gasteiger partial charge in [0.2, 0.25) is 0 Å². The van der Waals surface area contributed by atoms with Gasteiger partial charge in [0.15, 0.2) is 0 Å². The molecule has 2 aliphatic heterocycles. The Bertz CT molecular complexity index is 764. The Labute approximate surface area is 170 Å². The molecule has 0 saturated carbocycles. The molecule has 1 unspecified atom stereocenters. The zero-order valence-electron chi connectivity index (χ0n) is 16.2. The SMILES string of the molecule is CNc1ccc(C(=O)NCC2CC3(CCNCC3)C(=O)O2)cn1.O=C(O)C(F)(F)F. The molecule has 4 N–H and O–H groups in total. The van der Waals surface area contributed by atoms with Crippen molar-refractivity contribution in [2.45, 2.75) is 31.5 Å². The molecule has 0 aliphatic carbocycles. The van der Waals surface area contributed by atoms with Gasteiger partial charge in [0.25, 0.3) is 5.91 Å². The first-order valence-electron chi connectivity index (χ1n) is 9.21. The fraction of sp³-hybridized carbons (Fsp3) is 0.556. The number of aliphatic carboxylic acids is 1. The van der Waals surface area contributed by atoms with E-state index in [9.17, 15) is 22.8 Å². The zero-order chi connectivity index (χ0) is 22.4. The minimum absolute atomic E-state index is 0.113. The molecule has 2 saturated heterocycles. The number of cyclic esters (lactones) is 1. The van der Waals surface area contributed by atoms with Crippen LogP contribution in [-0.2, 0) is 14.3 Å². The molecule has 0 radical (unpaired) electrons. The molecule has 2 fully saturated rings. The lowest BCUT2D eigenvalue weighted by molar-refractivity contribution is -0.192. The number of carbonyl (C=O) groups excluding carboxylic acids is 2. The van der Waals surface area contributed by atoms with Gasteiger partial charge in [-0.3, -0.25) is 9.59 Å². The Morgan fingerprint density at radius 3 is 2.47 bits per heavy atom. The van der Waals surface area contributed by atoms with Crippen molar-refractivity contribution in [3.63, 3.8) is 0 Å². The third-order valence-corrected chi connectivity index (χ3v) is 4.90. The number of hydrogen-bond donors (Lipinski definition) is 4. The summed E-state index contributed by atoms with van der Waals surface area (Å²) in [7, 11) is 1.77. The second-order valence-corrected chi connectivity index (χ2v) is 6.96. The molecule has 1 atom stereocenters. The summed E-state index contributed by atoms with van der Waals surface area (Å²) in [6.07, 6.45) is -1.49. The molecule has 12 heteroatoms. The predicted molar refractivity (Wildman–Crippen MR) is 98.8 cm³/mol. The average molecular weight is 432 g/mol. The molecular formula is C18H23F3N4O5. The van der Waals surface area contributed by atoms with Crippen LogP contribution in [0.4, 0.5) is 19.0 Å². The van der Waals surface area contributed by atoms with Gasteiger partial charge < -0.3 is 25.8 Å². The highest BCUT2D eigenvalue weighted by Gasteiger charge is 2.49. The molecule has 2 aliphatic rings. The van der Waals surface area contributed by atoms with Gasteiger partial charge in [0, 0.05) is 19.7 Å². The Kier molecular flexibility index (Phi) is 7.59. The van der Waals surface area contributed by atoms with Crippen molar-refractivity contribution >= 4 is 23.7 Å². The summed E-state index contributed by atoms with van der Waals surface area (Å²) >= 11 is 0. The molecule has 1 amide bonds. The van der Waals surface area contributed by atoms with E-state index in [4.69, 9.17) is 14.6 Å². The van der Waals surface area contributed by atoms with Crippen LogP contribution < -0.4 is 16.0 Å². The van der Waals surface area contributed by atoms with E-state index < -0.39 is 12.1 Å². The molecule has 0 bridgehead atoms. The largest absolute Gasteiger partial charge is 0.490 e. The Morgan fingerprint density at radius 2 is 1.97 bits per heavy atom. The minimum Gasteiger partial charge on any atom is -0.475 e. The summed E-state index contributed by atoms with van der Waals surface area (Å²) in [5, 5.41) is 16.1. The van der Waals surface area contributed by atoms with Crippen molar-refractivity contribution in [3.8, 4) is 0 Å². The number of esters is 1. The summed E-state index contributed by atoms with van der Waals surface area (Å²) < 4.78 is 37.2. The number of aromatic nitrogens is 1. The van der Waals surface area contributed by atoms with Crippen molar-refractivity contribution in [2.75, 3.05) is 32.0 Å². The summed E-state index contributed by atoms with van der Waals surface area (Å²) in [4.78, 5) is 37.3. The van der Waals surface area contributed by atoms with Crippen molar-refractivity contribution in [1.29, 1.82) is 0 Å². The first-order valence-corrected chi connectivity index (χ1v) is 9.21. The number of anilines is 1. The molecule has 9 nitrogen and oxygen atoms in total. The van der Waals surface area contributed by atoms with Crippen LogP contribution in [0.1, 0.15) is 29.6 Å². The molecule has 1 spiro atoms. The normalized spacial score (nSPS) is 20.0. The molecule has 166 valence electrons. The number of pyridine rings is 1. The number of halogens is 3. The van der Waals surface area contributed by atoms with Gasteiger partial charge >= 0.3 is 18.1 Å². The zero-order valence-corrected chi connectivity index (χ0v) is 16.2. The van der Waals surface area contributed by atoms with E-state index in [0.29, 0.717) is 24.3 Å². The number of nitrogens with one attached hydrogen (secondary N) is 3. The van der Waals surface area contributed by atoms with Gasteiger partial charge in [0.1, 0.15) is 11.9 Å². The number of nitrogens with zero attached hydrogens (tertiary/aromatic N) is 1. The molecule has 1 aromatic rings. The fourth-order valence-electron chi connectivity index (χ4n) is 3.25. The van der Waals surface area contributed by atoms with Gasteiger partial charge in [-0.15, -0.1) is 0 Å². The monoisotopic (exact) mass is 432 g/mol. The van der Waals surface area contributed by atoms with Crippen molar-refractivity contribution in [3.05, 3.63) is 23.9 Å². The van der Waals surface area contributed by atoms with Crippen LogP contribution in [-0.4, -0.2) is 66.9 Å². The molecular weight excluding hydrogens is 409 g/mol. The van der Waals surface area contributed by atoms with E-state index in [0.717, 1.165) is 25.9 Å². The number of alkyl halides is 3. The van der Waals surface area contributed by atoms with E-state index in [1.54, 1.807) is 19.2 Å². The Balaban J connectivity index is 0.000000396. The van der Waals surface area contributed by atoms with Crippen LogP contribution in [0.15, 0.2) is 18.3 Å². The van der Waals surface area contributed by atoms with Crippen LogP contribution >= 0.6 is 0 Å². The van der Waals surface area contributed by atoms with E-state index in [1.165, 1.54) is 6.20 Å². The number of piperidine rings is 1. The van der Waals surface area contributed by atoms with Gasteiger partial charge in [-0.05, 0) is 38.1 Å². The number of amides is 1. The minimum atomic E-state index is -5.08. The van der Waals surface area contributed by atoms with Crippen LogP contribution in [0.25, 0.3) is 0 Å². The molecule has 3 heterocycles. The number of carbonyl (C=O) groups is 3. The Hall–Kier alpha value is -2.89. The van der Waals surface area contributed by atoms with Crippen LogP contribution in [0.5, 0.6) is 0 Å². The number of rotatable bonds is 4. The van der Waals surface area contributed by atoms with E-state index >= 15 is 0 Å².